The van der Waals surface area contributed by atoms with Crippen molar-refractivity contribution in [3.05, 3.63) is 35.6 Å². The summed E-state index contributed by atoms with van der Waals surface area (Å²) >= 11 is 0. The highest BCUT2D eigenvalue weighted by atomic mass is 19.1. The number of Topliss-reactive ketones (excluding diaryl/α,β-unsaturated/α-hetero) is 1. The van der Waals surface area contributed by atoms with Gasteiger partial charge >= 0.3 is 5.97 Å². The van der Waals surface area contributed by atoms with Gasteiger partial charge in [0.1, 0.15) is 17.6 Å². The lowest BCUT2D eigenvalue weighted by atomic mass is 9.93. The number of methoxy groups -OCH3 is 1. The van der Waals surface area contributed by atoms with Crippen LogP contribution in [0.25, 0.3) is 0 Å². The topological polar surface area (TPSA) is 81.7 Å². The van der Waals surface area contributed by atoms with Crippen molar-refractivity contribution in [2.24, 2.45) is 0 Å². The molecule has 0 bridgehead atoms. The van der Waals surface area contributed by atoms with Crippen LogP contribution in [0.3, 0.4) is 0 Å². The number of rotatable bonds is 8. The summed E-state index contributed by atoms with van der Waals surface area (Å²) in [6.07, 6.45) is -0.221. The van der Waals surface area contributed by atoms with Gasteiger partial charge in [-0.15, -0.1) is 0 Å². The van der Waals surface area contributed by atoms with Gasteiger partial charge in [-0.25, -0.2) is 9.18 Å². The van der Waals surface area contributed by atoms with Crippen molar-refractivity contribution in [3.63, 3.8) is 0 Å². The molecule has 7 heteroatoms. The normalized spacial score (nSPS) is 14.4. The van der Waals surface area contributed by atoms with Gasteiger partial charge in [0.15, 0.2) is 5.60 Å². The molecule has 0 aliphatic carbocycles. The molecule has 1 amide bonds. The van der Waals surface area contributed by atoms with E-state index < -0.39 is 29.3 Å². The van der Waals surface area contributed by atoms with Crippen molar-refractivity contribution in [1.29, 1.82) is 0 Å². The maximum atomic E-state index is 14.1. The van der Waals surface area contributed by atoms with Gasteiger partial charge in [0.2, 0.25) is 0 Å². The number of carbonyl (C=O) groups is 3. The molecule has 1 aromatic rings. The predicted molar refractivity (Wildman–Crippen MR) is 84.6 cm³/mol. The first-order chi connectivity index (χ1) is 11.3. The first kappa shape index (κ1) is 19.8. The molecule has 1 aromatic carbocycles. The van der Waals surface area contributed by atoms with E-state index in [4.69, 9.17) is 9.47 Å². The Morgan fingerprint density at radius 3 is 2.42 bits per heavy atom. The average Bonchev–Trinajstić information content (AvgIpc) is 2.53. The quantitative estimate of drug-likeness (QED) is 0.729. The van der Waals surface area contributed by atoms with Gasteiger partial charge in [0.25, 0.3) is 5.91 Å². The first-order valence-electron chi connectivity index (χ1n) is 7.53. The molecule has 1 rings (SSSR count). The van der Waals surface area contributed by atoms with Crippen molar-refractivity contribution in [1.82, 2.24) is 5.32 Å². The molecule has 0 aliphatic rings. The molecule has 0 heterocycles. The van der Waals surface area contributed by atoms with E-state index >= 15 is 0 Å². The standard InChI is InChI=1S/C17H22FNO5/c1-5-24-15(21)14(10-11(2)20)19-16(22)17(3,23-4)12-8-6-7-9-13(12)18/h6-9,14H,5,10H2,1-4H3,(H,19,22)/t14-,17+/m0/s1. The van der Waals surface area contributed by atoms with Crippen LogP contribution in [0.4, 0.5) is 4.39 Å². The van der Waals surface area contributed by atoms with Crippen molar-refractivity contribution in [3.8, 4) is 0 Å². The van der Waals surface area contributed by atoms with Gasteiger partial charge < -0.3 is 14.8 Å². The zero-order chi connectivity index (χ0) is 18.3. The number of hydrogen-bond donors (Lipinski definition) is 1. The number of ether oxygens (including phenoxy) is 2. The largest absolute Gasteiger partial charge is 0.464 e. The predicted octanol–water partition coefficient (Wildman–Crippen LogP) is 1.71. The second-order valence-electron chi connectivity index (χ2n) is 5.40. The summed E-state index contributed by atoms with van der Waals surface area (Å²) in [5.74, 6) is -2.38. The molecular weight excluding hydrogens is 317 g/mol. The number of esters is 1. The van der Waals surface area contributed by atoms with Gasteiger partial charge in [0.05, 0.1) is 6.61 Å². The van der Waals surface area contributed by atoms with Crippen LogP contribution in [0, 0.1) is 5.82 Å². The number of carbonyl (C=O) groups excluding carboxylic acids is 3. The average molecular weight is 339 g/mol. The number of halogens is 1. The van der Waals surface area contributed by atoms with Crippen LogP contribution in [-0.4, -0.2) is 37.4 Å². The van der Waals surface area contributed by atoms with E-state index in [0.29, 0.717) is 0 Å². The van der Waals surface area contributed by atoms with Crippen LogP contribution in [-0.2, 0) is 29.5 Å². The van der Waals surface area contributed by atoms with E-state index in [9.17, 15) is 18.8 Å². The molecule has 6 nitrogen and oxygen atoms in total. The molecule has 0 aromatic heterocycles. The molecule has 0 radical (unpaired) electrons. The lowest BCUT2D eigenvalue weighted by molar-refractivity contribution is -0.153. The third-order valence-electron chi connectivity index (χ3n) is 3.60. The van der Waals surface area contributed by atoms with Crippen molar-refractivity contribution < 1.29 is 28.2 Å². The highest BCUT2D eigenvalue weighted by molar-refractivity contribution is 5.92. The summed E-state index contributed by atoms with van der Waals surface area (Å²) in [6.45, 7) is 4.41. The van der Waals surface area contributed by atoms with Crippen molar-refractivity contribution in [2.45, 2.75) is 38.8 Å². The number of benzene rings is 1. The molecular formula is C17H22FNO5. The SMILES string of the molecule is CCOC(=O)[C@H](CC(C)=O)NC(=O)[C@](C)(OC)c1ccccc1F. The third kappa shape index (κ3) is 4.61. The monoisotopic (exact) mass is 339 g/mol. The maximum absolute atomic E-state index is 14.1. The van der Waals surface area contributed by atoms with Gasteiger partial charge in [-0.3, -0.25) is 9.59 Å². The number of nitrogens with one attached hydrogen (secondary N) is 1. The Labute approximate surface area is 140 Å². The molecule has 0 unspecified atom stereocenters. The summed E-state index contributed by atoms with van der Waals surface area (Å²) in [5.41, 5.74) is -1.64. The van der Waals surface area contributed by atoms with E-state index in [0.717, 1.165) is 0 Å². The molecule has 1 N–H and O–H groups in total. The summed E-state index contributed by atoms with van der Waals surface area (Å²) in [7, 11) is 1.26. The second-order valence-corrected chi connectivity index (χ2v) is 5.40. The maximum Gasteiger partial charge on any atom is 0.329 e. The Morgan fingerprint density at radius 2 is 1.92 bits per heavy atom. The van der Waals surface area contributed by atoms with Gasteiger partial charge in [0, 0.05) is 19.1 Å². The third-order valence-corrected chi connectivity index (χ3v) is 3.60. The van der Waals surface area contributed by atoms with Crippen LogP contribution in [0.15, 0.2) is 24.3 Å². The number of amides is 1. The Balaban J connectivity index is 3.08. The number of ketones is 1. The molecule has 132 valence electrons. The highest BCUT2D eigenvalue weighted by Crippen LogP contribution is 2.27. The molecule has 24 heavy (non-hydrogen) atoms. The molecule has 2 atom stereocenters. The number of hydrogen-bond acceptors (Lipinski definition) is 5. The Hall–Kier alpha value is -2.28. The fraction of sp³-hybridized carbons (Fsp3) is 0.471. The lowest BCUT2D eigenvalue weighted by Gasteiger charge is -2.29. The van der Waals surface area contributed by atoms with Crippen LogP contribution in [0.5, 0.6) is 0 Å². The highest BCUT2D eigenvalue weighted by Gasteiger charge is 2.39. The van der Waals surface area contributed by atoms with E-state index in [2.05, 4.69) is 5.32 Å². The molecule has 0 fully saturated rings. The van der Waals surface area contributed by atoms with Gasteiger partial charge in [-0.1, -0.05) is 18.2 Å². The Morgan fingerprint density at radius 1 is 1.29 bits per heavy atom. The zero-order valence-corrected chi connectivity index (χ0v) is 14.2. The van der Waals surface area contributed by atoms with Crippen LogP contribution in [0.2, 0.25) is 0 Å². The fourth-order valence-electron chi connectivity index (χ4n) is 2.19. The fourth-order valence-corrected chi connectivity index (χ4v) is 2.19. The minimum atomic E-state index is -1.66. The summed E-state index contributed by atoms with van der Waals surface area (Å²) in [4.78, 5) is 35.9. The van der Waals surface area contributed by atoms with Gasteiger partial charge in [-0.2, -0.15) is 0 Å². The smallest absolute Gasteiger partial charge is 0.329 e. The Kier molecular flexibility index (Phi) is 7.03. The first-order valence-corrected chi connectivity index (χ1v) is 7.53. The zero-order valence-electron chi connectivity index (χ0n) is 14.2. The summed E-state index contributed by atoms with van der Waals surface area (Å²) < 4.78 is 24.1. The molecule has 0 aliphatic heterocycles. The Bertz CT molecular complexity index is 619. The van der Waals surface area contributed by atoms with E-state index in [1.807, 2.05) is 0 Å². The molecule has 0 spiro atoms. The van der Waals surface area contributed by atoms with Crippen LogP contribution < -0.4 is 5.32 Å². The van der Waals surface area contributed by atoms with Crippen LogP contribution in [0.1, 0.15) is 32.8 Å². The van der Waals surface area contributed by atoms with E-state index in [1.54, 1.807) is 13.0 Å². The molecule has 0 saturated heterocycles. The minimum Gasteiger partial charge on any atom is -0.464 e. The van der Waals surface area contributed by atoms with Crippen molar-refractivity contribution in [2.75, 3.05) is 13.7 Å². The van der Waals surface area contributed by atoms with E-state index in [-0.39, 0.29) is 24.4 Å². The van der Waals surface area contributed by atoms with Gasteiger partial charge in [-0.05, 0) is 26.8 Å². The van der Waals surface area contributed by atoms with Crippen molar-refractivity contribution >= 4 is 17.7 Å². The lowest BCUT2D eigenvalue weighted by Crippen LogP contribution is -2.51. The summed E-state index contributed by atoms with van der Waals surface area (Å²) in [6, 6.07) is 4.53. The second kappa shape index (κ2) is 8.54. The van der Waals surface area contributed by atoms with E-state index in [1.165, 1.54) is 39.2 Å². The van der Waals surface area contributed by atoms with Crippen LogP contribution >= 0.6 is 0 Å². The summed E-state index contributed by atoms with van der Waals surface area (Å²) in [5, 5.41) is 2.42. The minimum absolute atomic E-state index is 0.0235. The molecule has 0 saturated carbocycles.